The summed E-state index contributed by atoms with van der Waals surface area (Å²) in [5, 5.41) is 3.96. The van der Waals surface area contributed by atoms with Crippen LogP contribution in [-0.2, 0) is 29.4 Å². The molecule has 3 fully saturated rings. The number of nitrogens with zero attached hydrogens (tertiary/aromatic N) is 5. The summed E-state index contributed by atoms with van der Waals surface area (Å²) in [4.78, 5) is 61.4. The smallest absolute Gasteiger partial charge is 0.410 e. The lowest BCUT2D eigenvalue weighted by Crippen LogP contribution is -2.55. The quantitative estimate of drug-likeness (QED) is 0.396. The van der Waals surface area contributed by atoms with E-state index in [2.05, 4.69) is 10.2 Å². The van der Waals surface area contributed by atoms with E-state index in [-0.39, 0.29) is 30.0 Å². The first-order valence-corrected chi connectivity index (χ1v) is 18.5. The lowest BCUT2D eigenvalue weighted by Gasteiger charge is -2.41. The summed E-state index contributed by atoms with van der Waals surface area (Å²) in [7, 11) is 1.76. The van der Waals surface area contributed by atoms with Gasteiger partial charge in [-0.2, -0.15) is 0 Å². The second-order valence-electron chi connectivity index (χ2n) is 14.6. The maximum Gasteiger partial charge on any atom is 0.410 e. The number of hydrogen-bond acceptors (Lipinski definition) is 6. The lowest BCUT2D eigenvalue weighted by atomic mass is 9.94. The summed E-state index contributed by atoms with van der Waals surface area (Å²) in [6.45, 7) is 6.40. The standard InChI is InChI=1S/C39H50N6O5/c1-27-24-28(25-30-12-13-35(46)41(2)36(27)30)26-34(37(47)43-22-20-42(21-23-43)31-9-4-3-5-10-31)50-39(49)44-17-15-32(16-18-44)45-19-14-29-8-6-7-11-33(29)40-38(45)48/h6-8,11-13,24-25,31-32,34H,3-5,9-10,14-23,26H2,1-2H3,(H,40,48)/t34-/m1/s1. The molecule has 3 aromatic rings. The van der Waals surface area contributed by atoms with Crippen LogP contribution in [0.2, 0.25) is 0 Å². The van der Waals surface area contributed by atoms with E-state index in [1.807, 2.05) is 59.2 Å². The number of pyridine rings is 1. The number of urea groups is 1. The lowest BCUT2D eigenvalue weighted by molar-refractivity contribution is -0.143. The van der Waals surface area contributed by atoms with Gasteiger partial charge in [-0.25, -0.2) is 9.59 Å². The van der Waals surface area contributed by atoms with Crippen LogP contribution in [-0.4, -0.2) is 106 Å². The molecule has 0 bridgehead atoms. The van der Waals surface area contributed by atoms with Crippen molar-refractivity contribution in [1.82, 2.24) is 24.2 Å². The van der Waals surface area contributed by atoms with Crippen molar-refractivity contribution in [2.75, 3.05) is 51.1 Å². The second kappa shape index (κ2) is 14.8. The number of para-hydroxylation sites is 1. The van der Waals surface area contributed by atoms with Crippen LogP contribution in [0.4, 0.5) is 15.3 Å². The first kappa shape index (κ1) is 34.1. The Bertz CT molecular complexity index is 1790. The molecule has 2 aromatic carbocycles. The number of benzene rings is 2. The number of anilines is 1. The Kier molecular flexibility index (Phi) is 10.1. The van der Waals surface area contributed by atoms with Crippen LogP contribution in [0.25, 0.3) is 10.9 Å². The van der Waals surface area contributed by atoms with Crippen molar-refractivity contribution in [3.05, 3.63) is 75.6 Å². The molecule has 7 rings (SSSR count). The normalized spacial score (nSPS) is 20.3. The molecule has 11 heteroatoms. The van der Waals surface area contributed by atoms with Gasteiger partial charge >= 0.3 is 12.1 Å². The van der Waals surface area contributed by atoms with Gasteiger partial charge in [0.25, 0.3) is 11.5 Å². The summed E-state index contributed by atoms with van der Waals surface area (Å²) in [5.74, 6) is -0.157. The highest BCUT2D eigenvalue weighted by molar-refractivity contribution is 5.91. The minimum Gasteiger partial charge on any atom is -0.436 e. The number of carbonyl (C=O) groups is 3. The number of piperazine rings is 1. The Hall–Kier alpha value is -4.38. The number of aryl methyl sites for hydroxylation is 2. The zero-order chi connectivity index (χ0) is 34.8. The van der Waals surface area contributed by atoms with Gasteiger partial charge in [-0.15, -0.1) is 0 Å². The molecule has 0 unspecified atom stereocenters. The SMILES string of the molecule is Cc1cc(C[C@@H](OC(=O)N2CCC(N3CCc4ccccc4NC3=O)CC2)C(=O)N2CCN(C3CCCCC3)CC2)cc2ccc(=O)n(C)c12. The van der Waals surface area contributed by atoms with Crippen LogP contribution in [0.1, 0.15) is 61.6 Å². The molecule has 1 aliphatic carbocycles. The van der Waals surface area contributed by atoms with Crippen LogP contribution in [0.3, 0.4) is 0 Å². The molecular weight excluding hydrogens is 632 g/mol. The Morgan fingerprint density at radius 3 is 2.34 bits per heavy atom. The van der Waals surface area contributed by atoms with Crippen LogP contribution >= 0.6 is 0 Å². The molecule has 0 spiro atoms. The largest absolute Gasteiger partial charge is 0.436 e. The van der Waals surface area contributed by atoms with Crippen molar-refractivity contribution in [3.63, 3.8) is 0 Å². The number of carbonyl (C=O) groups excluding carboxylic acids is 3. The predicted octanol–water partition coefficient (Wildman–Crippen LogP) is 4.93. The van der Waals surface area contributed by atoms with Crippen molar-refractivity contribution in [3.8, 4) is 0 Å². The van der Waals surface area contributed by atoms with Crippen LogP contribution in [0.15, 0.2) is 53.3 Å². The minimum absolute atomic E-state index is 0.0165. The van der Waals surface area contributed by atoms with Gasteiger partial charge in [0.15, 0.2) is 6.10 Å². The number of ether oxygens (including phenoxy) is 1. The van der Waals surface area contributed by atoms with Gasteiger partial charge in [0.05, 0.1) is 5.52 Å². The van der Waals surface area contributed by atoms with Crippen LogP contribution in [0.5, 0.6) is 0 Å². The van der Waals surface area contributed by atoms with Gasteiger partial charge in [0.1, 0.15) is 0 Å². The van der Waals surface area contributed by atoms with E-state index in [9.17, 15) is 19.2 Å². The first-order valence-electron chi connectivity index (χ1n) is 18.5. The third-order valence-electron chi connectivity index (χ3n) is 11.4. The molecule has 2 saturated heterocycles. The van der Waals surface area contributed by atoms with Crippen molar-refractivity contribution in [2.24, 2.45) is 7.05 Å². The molecule has 4 amide bonds. The third-order valence-corrected chi connectivity index (χ3v) is 11.4. The zero-order valence-corrected chi connectivity index (χ0v) is 29.4. The number of fused-ring (bicyclic) bond motifs is 2. The molecule has 3 aliphatic heterocycles. The van der Waals surface area contributed by atoms with Gasteiger partial charge in [-0.05, 0) is 79.3 Å². The average molecular weight is 683 g/mol. The number of likely N-dealkylation sites (tertiary alicyclic amines) is 1. The van der Waals surface area contributed by atoms with E-state index >= 15 is 0 Å². The van der Waals surface area contributed by atoms with Gasteiger partial charge < -0.3 is 29.3 Å². The highest BCUT2D eigenvalue weighted by Crippen LogP contribution is 2.27. The van der Waals surface area contributed by atoms with E-state index < -0.39 is 12.2 Å². The number of hydrogen-bond donors (Lipinski definition) is 1. The Morgan fingerprint density at radius 1 is 0.840 bits per heavy atom. The fraction of sp³-hybridized carbons (Fsp3) is 0.538. The number of amides is 4. The predicted molar refractivity (Wildman–Crippen MR) is 193 cm³/mol. The molecule has 1 N–H and O–H groups in total. The number of rotatable bonds is 6. The van der Waals surface area contributed by atoms with E-state index in [1.54, 1.807) is 22.6 Å². The van der Waals surface area contributed by atoms with E-state index in [4.69, 9.17) is 4.74 Å². The third kappa shape index (κ3) is 7.24. The molecular formula is C39H50N6O5. The number of aromatic nitrogens is 1. The van der Waals surface area contributed by atoms with Crippen molar-refractivity contribution >= 4 is 34.6 Å². The Balaban J connectivity index is 1.03. The molecule has 1 aromatic heterocycles. The van der Waals surface area contributed by atoms with E-state index in [0.29, 0.717) is 51.6 Å². The monoisotopic (exact) mass is 682 g/mol. The van der Waals surface area contributed by atoms with Gasteiger partial charge in [-0.3, -0.25) is 14.5 Å². The summed E-state index contributed by atoms with van der Waals surface area (Å²) in [5.41, 5.74) is 4.57. The Morgan fingerprint density at radius 2 is 1.58 bits per heavy atom. The summed E-state index contributed by atoms with van der Waals surface area (Å²) in [6.07, 6.45) is 7.17. The molecule has 1 saturated carbocycles. The number of nitrogens with one attached hydrogen (secondary N) is 1. The van der Waals surface area contributed by atoms with Gasteiger partial charge in [0.2, 0.25) is 0 Å². The zero-order valence-electron chi connectivity index (χ0n) is 29.4. The van der Waals surface area contributed by atoms with E-state index in [1.165, 1.54) is 32.1 Å². The van der Waals surface area contributed by atoms with Crippen LogP contribution < -0.4 is 10.9 Å². The molecule has 266 valence electrons. The molecule has 4 aliphatic rings. The highest BCUT2D eigenvalue weighted by atomic mass is 16.6. The topological polar surface area (TPSA) is 107 Å². The molecule has 50 heavy (non-hydrogen) atoms. The second-order valence-corrected chi connectivity index (χ2v) is 14.6. The van der Waals surface area contributed by atoms with Crippen molar-refractivity contribution in [1.29, 1.82) is 0 Å². The average Bonchev–Trinajstić information content (AvgIpc) is 3.31. The molecule has 0 radical (unpaired) electrons. The minimum atomic E-state index is -0.972. The maximum absolute atomic E-state index is 14.2. The van der Waals surface area contributed by atoms with E-state index in [0.717, 1.165) is 52.8 Å². The van der Waals surface area contributed by atoms with Crippen LogP contribution in [0, 0.1) is 6.92 Å². The maximum atomic E-state index is 14.2. The highest BCUT2D eigenvalue weighted by Gasteiger charge is 2.36. The molecule has 11 nitrogen and oxygen atoms in total. The fourth-order valence-electron chi connectivity index (χ4n) is 8.62. The fourth-order valence-corrected chi connectivity index (χ4v) is 8.62. The number of piperidine rings is 1. The van der Waals surface area contributed by atoms with Gasteiger partial charge in [0, 0.05) is 83.1 Å². The summed E-state index contributed by atoms with van der Waals surface area (Å²) in [6, 6.07) is 15.8. The summed E-state index contributed by atoms with van der Waals surface area (Å²) < 4.78 is 7.78. The Labute approximate surface area is 294 Å². The van der Waals surface area contributed by atoms with Crippen molar-refractivity contribution in [2.45, 2.75) is 82.9 Å². The molecule has 4 heterocycles. The van der Waals surface area contributed by atoms with Gasteiger partial charge in [-0.1, -0.05) is 43.5 Å². The first-order chi connectivity index (χ1) is 24.2. The molecule has 1 atom stereocenters. The van der Waals surface area contributed by atoms with Crippen molar-refractivity contribution < 1.29 is 19.1 Å². The summed E-state index contributed by atoms with van der Waals surface area (Å²) >= 11 is 0.